The molecule has 0 saturated heterocycles. The molecule has 2 atom stereocenters. The molecule has 2 heterocycles. The molecule has 2 aliphatic carbocycles. The number of carbonyl (C=O) groups is 2. The van der Waals surface area contributed by atoms with E-state index in [-0.39, 0.29) is 55.4 Å². The Morgan fingerprint density at radius 1 is 1.32 bits per heavy atom. The second-order valence-electron chi connectivity index (χ2n) is 7.83. The molecular weight excluding hydrogens is 366 g/mol. The largest absolute Gasteiger partial charge is 0.345 e. The molecule has 4 rings (SSSR count). The highest BCUT2D eigenvalue weighted by molar-refractivity contribution is 6.16. The predicted octanol–water partition coefficient (Wildman–Crippen LogP) is 3.07. The van der Waals surface area contributed by atoms with Crippen LogP contribution in [0.1, 0.15) is 61.3 Å². The zero-order valence-corrected chi connectivity index (χ0v) is 15.5. The third kappa shape index (κ3) is 3.34. The Balaban J connectivity index is 1.56. The summed E-state index contributed by atoms with van der Waals surface area (Å²) in [5.74, 6) is -0.304. The first-order valence-electron chi connectivity index (χ1n) is 9.67. The zero-order valence-electron chi connectivity index (χ0n) is 15.5. The number of carbonyl (C=O) groups excluding carboxylic acids is 2. The van der Waals surface area contributed by atoms with Crippen molar-refractivity contribution in [2.75, 3.05) is 6.54 Å². The molecule has 2 fully saturated rings. The van der Waals surface area contributed by atoms with Crippen molar-refractivity contribution in [2.24, 2.45) is 16.8 Å². The summed E-state index contributed by atoms with van der Waals surface area (Å²) < 4.78 is 28.6. The molecule has 28 heavy (non-hydrogen) atoms. The van der Waals surface area contributed by atoms with Crippen molar-refractivity contribution in [3.63, 3.8) is 0 Å². The average Bonchev–Trinajstić information content (AvgIpc) is 3.03. The van der Waals surface area contributed by atoms with E-state index in [1.54, 1.807) is 4.68 Å². The fraction of sp³-hybridized carbons (Fsp3) is 0.600. The number of halogens is 2. The molecule has 0 radical (unpaired) electrons. The van der Waals surface area contributed by atoms with Gasteiger partial charge in [-0.15, -0.1) is 6.42 Å². The van der Waals surface area contributed by atoms with E-state index in [1.165, 1.54) is 6.20 Å². The van der Waals surface area contributed by atoms with Crippen LogP contribution < -0.4 is 5.32 Å². The van der Waals surface area contributed by atoms with E-state index >= 15 is 0 Å². The summed E-state index contributed by atoms with van der Waals surface area (Å²) >= 11 is 0. The number of hydrogen-bond donors (Lipinski definition) is 1. The maximum atomic E-state index is 13.5. The molecule has 1 aromatic heterocycles. The van der Waals surface area contributed by atoms with Gasteiger partial charge in [-0.2, -0.15) is 5.10 Å². The lowest BCUT2D eigenvalue weighted by molar-refractivity contribution is -0.128. The summed E-state index contributed by atoms with van der Waals surface area (Å²) in [7, 11) is 0. The van der Waals surface area contributed by atoms with Gasteiger partial charge in [-0.1, -0.05) is 5.92 Å². The lowest BCUT2D eigenvalue weighted by atomic mass is 9.69. The maximum absolute atomic E-state index is 13.5. The first-order chi connectivity index (χ1) is 13.4. The summed E-state index contributed by atoms with van der Waals surface area (Å²) in [5, 5.41) is 6.99. The van der Waals surface area contributed by atoms with Gasteiger partial charge >= 0.3 is 0 Å². The summed E-state index contributed by atoms with van der Waals surface area (Å²) in [4.78, 5) is 29.6. The molecule has 148 valence electrons. The first kappa shape index (κ1) is 18.8. The van der Waals surface area contributed by atoms with E-state index < -0.39 is 5.92 Å². The predicted molar refractivity (Wildman–Crippen MR) is 98.8 cm³/mol. The van der Waals surface area contributed by atoms with Crippen molar-refractivity contribution < 1.29 is 18.4 Å². The lowest BCUT2D eigenvalue weighted by Gasteiger charge is -2.37. The standard InChI is InChI=1S/C20H22F2N4O2/c1-2-9-23-19(28)14-4-3-13(14)16-10-17(27)15-11-24-26(18(15)25-16)12-5-7-20(21,22)8-6-12/h1,11-14H,3-10H2,(H,23,28)/t13?,14-/m0/s1. The Morgan fingerprint density at radius 3 is 2.71 bits per heavy atom. The normalized spacial score (nSPS) is 26.6. The number of ketones is 1. The molecule has 1 unspecified atom stereocenters. The van der Waals surface area contributed by atoms with Crippen molar-refractivity contribution in [2.45, 2.75) is 56.9 Å². The third-order valence-electron chi connectivity index (χ3n) is 6.10. The van der Waals surface area contributed by atoms with Gasteiger partial charge in [0.05, 0.1) is 30.8 Å². The Bertz CT molecular complexity index is 873. The van der Waals surface area contributed by atoms with Crippen LogP contribution >= 0.6 is 0 Å². The van der Waals surface area contributed by atoms with Gasteiger partial charge in [0.15, 0.2) is 11.6 Å². The zero-order chi connectivity index (χ0) is 19.9. The van der Waals surface area contributed by atoms with Crippen molar-refractivity contribution >= 4 is 23.2 Å². The molecule has 3 aliphatic rings. The number of nitrogens with one attached hydrogen (secondary N) is 1. The van der Waals surface area contributed by atoms with Crippen LogP contribution in [0, 0.1) is 24.2 Å². The van der Waals surface area contributed by atoms with Crippen LogP contribution in [-0.2, 0) is 4.79 Å². The number of aromatic nitrogens is 2. The number of rotatable bonds is 4. The minimum Gasteiger partial charge on any atom is -0.345 e. The van der Waals surface area contributed by atoms with Gasteiger partial charge < -0.3 is 5.32 Å². The van der Waals surface area contributed by atoms with Gasteiger partial charge in [-0.25, -0.2) is 18.5 Å². The van der Waals surface area contributed by atoms with Gasteiger partial charge in [-0.3, -0.25) is 9.59 Å². The van der Waals surface area contributed by atoms with Gasteiger partial charge in [0.2, 0.25) is 11.8 Å². The first-order valence-corrected chi connectivity index (χ1v) is 9.67. The minimum atomic E-state index is -2.63. The minimum absolute atomic E-state index is 0.0814. The van der Waals surface area contributed by atoms with Gasteiger partial charge in [-0.05, 0) is 25.7 Å². The summed E-state index contributed by atoms with van der Waals surface area (Å²) in [6.07, 6.45) is 8.62. The molecule has 6 nitrogen and oxygen atoms in total. The molecule has 0 aromatic carbocycles. The fourth-order valence-electron chi connectivity index (χ4n) is 4.33. The summed E-state index contributed by atoms with van der Waals surface area (Å²) in [6, 6.07) is -0.185. The van der Waals surface area contributed by atoms with Gasteiger partial charge in [0, 0.05) is 30.4 Å². The van der Waals surface area contributed by atoms with Crippen LogP contribution in [0.2, 0.25) is 0 Å². The van der Waals surface area contributed by atoms with E-state index in [0.29, 0.717) is 29.9 Å². The van der Waals surface area contributed by atoms with Crippen LogP contribution in [0.25, 0.3) is 0 Å². The number of hydrogen-bond acceptors (Lipinski definition) is 4. The molecule has 0 spiro atoms. The number of terminal acetylenes is 1. The Labute approximate surface area is 161 Å². The van der Waals surface area contributed by atoms with E-state index in [9.17, 15) is 18.4 Å². The average molecular weight is 388 g/mol. The van der Waals surface area contributed by atoms with Crippen molar-refractivity contribution in [1.29, 1.82) is 0 Å². The summed E-state index contributed by atoms with van der Waals surface area (Å²) in [5.41, 5.74) is 1.13. The Hall–Kier alpha value is -2.56. The second kappa shape index (κ2) is 7.12. The molecule has 1 amide bonds. The second-order valence-corrected chi connectivity index (χ2v) is 7.83. The van der Waals surface area contributed by atoms with Crippen LogP contribution in [0.15, 0.2) is 11.2 Å². The molecule has 0 bridgehead atoms. The maximum Gasteiger partial charge on any atom is 0.248 e. The third-order valence-corrected chi connectivity index (χ3v) is 6.10. The SMILES string of the molecule is C#CCNC(=O)[C@H]1CCC1C1=Nc2c(cnn2C2CCC(F)(F)CC2)C(=O)C1. The number of alkyl halides is 2. The topological polar surface area (TPSA) is 76.3 Å². The van der Waals surface area contributed by atoms with Gasteiger partial charge in [0.25, 0.3) is 0 Å². The van der Waals surface area contributed by atoms with Crippen LogP contribution in [0.4, 0.5) is 14.6 Å². The molecule has 1 aromatic rings. The quantitative estimate of drug-likeness (QED) is 0.806. The highest BCUT2D eigenvalue weighted by Gasteiger charge is 2.42. The number of aliphatic imine (C=N–C) groups is 1. The monoisotopic (exact) mass is 388 g/mol. The van der Waals surface area contributed by atoms with E-state index in [2.05, 4.69) is 16.3 Å². The molecule has 1 N–H and O–H groups in total. The van der Waals surface area contributed by atoms with E-state index in [4.69, 9.17) is 11.4 Å². The van der Waals surface area contributed by atoms with Crippen LogP contribution in [0.3, 0.4) is 0 Å². The Morgan fingerprint density at radius 2 is 2.07 bits per heavy atom. The smallest absolute Gasteiger partial charge is 0.248 e. The number of Topliss-reactive ketones (excluding diaryl/α,β-unsaturated/α-hetero) is 1. The van der Waals surface area contributed by atoms with E-state index in [1.807, 2.05) is 0 Å². The molecule has 8 heteroatoms. The summed E-state index contributed by atoms with van der Waals surface area (Å²) in [6.45, 7) is 0.177. The number of nitrogens with zero attached hydrogens (tertiary/aromatic N) is 3. The van der Waals surface area contributed by atoms with Crippen LogP contribution in [0.5, 0.6) is 0 Å². The highest BCUT2D eigenvalue weighted by atomic mass is 19.3. The number of amides is 1. The van der Waals surface area contributed by atoms with Crippen molar-refractivity contribution in [1.82, 2.24) is 15.1 Å². The molecule has 1 aliphatic heterocycles. The fourth-order valence-corrected chi connectivity index (χ4v) is 4.33. The van der Waals surface area contributed by atoms with E-state index in [0.717, 1.165) is 12.8 Å². The lowest BCUT2D eigenvalue weighted by Crippen LogP contribution is -2.45. The Kier molecular flexibility index (Phi) is 4.77. The van der Waals surface area contributed by atoms with Crippen molar-refractivity contribution in [3.05, 3.63) is 11.8 Å². The van der Waals surface area contributed by atoms with Crippen molar-refractivity contribution in [3.8, 4) is 12.3 Å². The molecular formula is C20H22F2N4O2. The van der Waals surface area contributed by atoms with Crippen LogP contribution in [-0.4, -0.2) is 39.6 Å². The number of fused-ring (bicyclic) bond motifs is 1. The molecule has 2 saturated carbocycles. The van der Waals surface area contributed by atoms with Gasteiger partial charge in [0.1, 0.15) is 0 Å². The highest BCUT2D eigenvalue weighted by Crippen LogP contribution is 2.43.